The monoisotopic (exact) mass is 327 g/mol. The molecule has 2 rings (SSSR count). The van der Waals surface area contributed by atoms with E-state index in [4.69, 9.17) is 0 Å². The third-order valence-corrected chi connectivity index (χ3v) is 4.12. The standard InChI is InChI=1S/C15H12F3NO2S/c1-11-5-7-14(8-6-11)22(20,21)19-10-12-3-2-4-13(9-12)15(16,17)18/h2-10H,1H3/b19-10-. The normalized spacial score (nSPS) is 12.7. The first-order chi connectivity index (χ1) is 10.2. The van der Waals surface area contributed by atoms with Crippen molar-refractivity contribution in [1.82, 2.24) is 0 Å². The summed E-state index contributed by atoms with van der Waals surface area (Å²) in [5, 5.41) is 0. The Kier molecular flexibility index (Phi) is 4.37. The summed E-state index contributed by atoms with van der Waals surface area (Å²) in [6, 6.07) is 10.3. The quantitative estimate of drug-likeness (QED) is 0.805. The highest BCUT2D eigenvalue weighted by atomic mass is 32.2. The van der Waals surface area contributed by atoms with Gasteiger partial charge in [0.05, 0.1) is 10.5 Å². The average molecular weight is 327 g/mol. The van der Waals surface area contributed by atoms with Gasteiger partial charge in [-0.15, -0.1) is 0 Å². The minimum absolute atomic E-state index is 0.0127. The van der Waals surface area contributed by atoms with E-state index in [1.807, 2.05) is 6.92 Å². The molecule has 2 aromatic rings. The van der Waals surface area contributed by atoms with Gasteiger partial charge in [-0.25, -0.2) is 0 Å². The maximum atomic E-state index is 12.6. The van der Waals surface area contributed by atoms with E-state index < -0.39 is 21.8 Å². The van der Waals surface area contributed by atoms with E-state index in [9.17, 15) is 21.6 Å². The molecule has 2 aromatic carbocycles. The predicted octanol–water partition coefficient (Wildman–Crippen LogP) is 3.82. The second-order valence-electron chi connectivity index (χ2n) is 4.65. The molecular formula is C15H12F3NO2S. The lowest BCUT2D eigenvalue weighted by atomic mass is 10.1. The van der Waals surface area contributed by atoms with Crippen molar-refractivity contribution in [3.8, 4) is 0 Å². The smallest absolute Gasteiger partial charge is 0.199 e. The predicted molar refractivity (Wildman–Crippen MR) is 77.4 cm³/mol. The van der Waals surface area contributed by atoms with E-state index in [2.05, 4.69) is 4.40 Å². The molecule has 0 saturated heterocycles. The molecule has 0 bridgehead atoms. The van der Waals surface area contributed by atoms with Crippen LogP contribution in [0.5, 0.6) is 0 Å². The Labute approximate surface area is 126 Å². The molecule has 0 N–H and O–H groups in total. The number of aryl methyl sites for hydroxylation is 1. The molecule has 0 aliphatic heterocycles. The van der Waals surface area contributed by atoms with E-state index >= 15 is 0 Å². The molecule has 0 saturated carbocycles. The number of sulfonamides is 1. The van der Waals surface area contributed by atoms with E-state index in [1.165, 1.54) is 24.3 Å². The van der Waals surface area contributed by atoms with Gasteiger partial charge in [0.2, 0.25) is 0 Å². The van der Waals surface area contributed by atoms with Crippen molar-refractivity contribution in [2.75, 3.05) is 0 Å². The second kappa shape index (κ2) is 5.92. The number of hydrogen-bond acceptors (Lipinski definition) is 2. The number of halogens is 3. The maximum absolute atomic E-state index is 12.6. The molecule has 3 nitrogen and oxygen atoms in total. The van der Waals surface area contributed by atoms with Crippen LogP contribution in [-0.2, 0) is 16.2 Å². The summed E-state index contributed by atoms with van der Waals surface area (Å²) in [5.74, 6) is 0. The fourth-order valence-corrected chi connectivity index (χ4v) is 2.56. The van der Waals surface area contributed by atoms with Gasteiger partial charge in [0.1, 0.15) is 0 Å². The number of rotatable bonds is 3. The minimum Gasteiger partial charge on any atom is -0.199 e. The molecule has 7 heteroatoms. The topological polar surface area (TPSA) is 46.5 Å². The molecule has 22 heavy (non-hydrogen) atoms. The van der Waals surface area contributed by atoms with Crippen LogP contribution in [0.4, 0.5) is 13.2 Å². The first-order valence-corrected chi connectivity index (χ1v) is 7.67. The van der Waals surface area contributed by atoms with Crippen molar-refractivity contribution in [2.45, 2.75) is 18.0 Å². The highest BCUT2D eigenvalue weighted by Crippen LogP contribution is 2.29. The first-order valence-electron chi connectivity index (χ1n) is 6.23. The van der Waals surface area contributed by atoms with Crippen molar-refractivity contribution in [3.05, 3.63) is 65.2 Å². The Balaban J connectivity index is 2.30. The van der Waals surface area contributed by atoms with E-state index in [0.717, 1.165) is 23.9 Å². The third-order valence-electron chi connectivity index (χ3n) is 2.87. The highest BCUT2D eigenvalue weighted by Gasteiger charge is 2.30. The Hall–Kier alpha value is -2.15. The molecule has 0 unspecified atom stereocenters. The second-order valence-corrected chi connectivity index (χ2v) is 6.28. The zero-order valence-electron chi connectivity index (χ0n) is 11.5. The zero-order chi connectivity index (χ0) is 16.4. The van der Waals surface area contributed by atoms with Gasteiger partial charge < -0.3 is 0 Å². The summed E-state index contributed by atoms with van der Waals surface area (Å²) in [6.07, 6.45) is -3.58. The van der Waals surface area contributed by atoms with Gasteiger partial charge in [0.25, 0.3) is 10.0 Å². The third kappa shape index (κ3) is 3.94. The van der Waals surface area contributed by atoms with Crippen LogP contribution < -0.4 is 0 Å². The summed E-state index contributed by atoms with van der Waals surface area (Å²) in [4.78, 5) is -0.0127. The Morgan fingerprint density at radius 1 is 1.05 bits per heavy atom. The molecule has 0 fully saturated rings. The number of benzene rings is 2. The molecule has 0 aliphatic rings. The molecule has 0 heterocycles. The lowest BCUT2D eigenvalue weighted by Gasteiger charge is -2.06. The SMILES string of the molecule is Cc1ccc(S(=O)(=O)/N=C\c2cccc(C(F)(F)F)c2)cc1. The van der Waals surface area contributed by atoms with E-state index in [-0.39, 0.29) is 10.5 Å². The van der Waals surface area contributed by atoms with Crippen LogP contribution in [-0.4, -0.2) is 14.6 Å². The van der Waals surface area contributed by atoms with Crippen molar-refractivity contribution < 1.29 is 21.6 Å². The van der Waals surface area contributed by atoms with Crippen LogP contribution in [0.1, 0.15) is 16.7 Å². The lowest BCUT2D eigenvalue weighted by molar-refractivity contribution is -0.137. The summed E-state index contributed by atoms with van der Waals surface area (Å²) in [7, 11) is -3.94. The number of alkyl halides is 3. The maximum Gasteiger partial charge on any atom is 0.416 e. The summed E-state index contributed by atoms with van der Waals surface area (Å²) >= 11 is 0. The Morgan fingerprint density at radius 2 is 1.68 bits per heavy atom. The summed E-state index contributed by atoms with van der Waals surface area (Å²) in [5.41, 5.74) is 0.0931. The van der Waals surface area contributed by atoms with E-state index in [0.29, 0.717) is 0 Å². The van der Waals surface area contributed by atoms with Crippen molar-refractivity contribution in [2.24, 2.45) is 4.40 Å². The number of hydrogen-bond donors (Lipinski definition) is 0. The van der Waals surface area contributed by atoms with E-state index in [1.54, 1.807) is 12.1 Å². The molecule has 0 atom stereocenters. The van der Waals surface area contributed by atoms with Gasteiger partial charge in [0.15, 0.2) is 0 Å². The zero-order valence-corrected chi connectivity index (χ0v) is 12.3. The molecule has 0 amide bonds. The minimum atomic E-state index is -4.49. The first kappa shape index (κ1) is 16.2. The van der Waals surface area contributed by atoms with Gasteiger partial charge in [0, 0.05) is 6.21 Å². The number of nitrogens with zero attached hydrogens (tertiary/aromatic N) is 1. The summed E-state index contributed by atoms with van der Waals surface area (Å²) in [6.45, 7) is 1.81. The van der Waals surface area contributed by atoms with Gasteiger partial charge in [-0.1, -0.05) is 29.8 Å². The van der Waals surface area contributed by atoms with Crippen LogP contribution in [0.25, 0.3) is 0 Å². The summed E-state index contributed by atoms with van der Waals surface area (Å²) < 4.78 is 65.1. The van der Waals surface area contributed by atoms with Gasteiger partial charge in [-0.05, 0) is 36.8 Å². The van der Waals surface area contributed by atoms with Crippen molar-refractivity contribution in [3.63, 3.8) is 0 Å². The van der Waals surface area contributed by atoms with Crippen LogP contribution in [0.3, 0.4) is 0 Å². The Bertz CT molecular complexity index is 794. The van der Waals surface area contributed by atoms with Crippen LogP contribution in [0.15, 0.2) is 57.8 Å². The molecule has 0 aromatic heterocycles. The molecule has 0 aliphatic carbocycles. The Morgan fingerprint density at radius 3 is 2.27 bits per heavy atom. The molecular weight excluding hydrogens is 315 g/mol. The largest absolute Gasteiger partial charge is 0.416 e. The highest BCUT2D eigenvalue weighted by molar-refractivity contribution is 7.90. The van der Waals surface area contributed by atoms with Crippen LogP contribution >= 0.6 is 0 Å². The lowest BCUT2D eigenvalue weighted by Crippen LogP contribution is -2.05. The molecule has 116 valence electrons. The average Bonchev–Trinajstić information content (AvgIpc) is 2.45. The molecule has 0 radical (unpaired) electrons. The van der Waals surface area contributed by atoms with Gasteiger partial charge in [-0.3, -0.25) is 0 Å². The molecule has 0 spiro atoms. The van der Waals surface area contributed by atoms with Crippen molar-refractivity contribution in [1.29, 1.82) is 0 Å². The fourth-order valence-electron chi connectivity index (χ4n) is 1.70. The van der Waals surface area contributed by atoms with Crippen LogP contribution in [0.2, 0.25) is 0 Å². The van der Waals surface area contributed by atoms with Gasteiger partial charge in [-0.2, -0.15) is 26.0 Å². The van der Waals surface area contributed by atoms with Crippen molar-refractivity contribution >= 4 is 16.2 Å². The van der Waals surface area contributed by atoms with Crippen LogP contribution in [0, 0.1) is 6.92 Å². The van der Waals surface area contributed by atoms with Gasteiger partial charge >= 0.3 is 6.18 Å². The fraction of sp³-hybridized carbons (Fsp3) is 0.133.